The first-order valence-corrected chi connectivity index (χ1v) is 11.1. The van der Waals surface area contributed by atoms with Crippen molar-refractivity contribution in [2.24, 2.45) is 0 Å². The molecule has 1 heterocycles. The van der Waals surface area contributed by atoms with Gasteiger partial charge in [0.15, 0.2) is 0 Å². The summed E-state index contributed by atoms with van der Waals surface area (Å²) >= 11 is 0. The van der Waals surface area contributed by atoms with E-state index in [0.717, 1.165) is 19.6 Å². The predicted octanol–water partition coefficient (Wildman–Crippen LogP) is 5.28. The van der Waals surface area contributed by atoms with Crippen LogP contribution in [0.4, 0.5) is 0 Å². The van der Waals surface area contributed by atoms with Crippen LogP contribution in [0.2, 0.25) is 0 Å². The maximum atomic E-state index is 11.7. The molecule has 0 bridgehead atoms. The number of hydrogen-bond acceptors (Lipinski definition) is 4. The molecule has 3 rings (SSSR count). The number of nitrogens with zero attached hydrogens (tertiary/aromatic N) is 1. The summed E-state index contributed by atoms with van der Waals surface area (Å²) in [5.74, 6) is 0.408. The molecule has 30 heavy (non-hydrogen) atoms. The minimum atomic E-state index is -0.430. The van der Waals surface area contributed by atoms with Crippen molar-refractivity contribution in [3.05, 3.63) is 60.2 Å². The Morgan fingerprint density at radius 3 is 2.33 bits per heavy atom. The van der Waals surface area contributed by atoms with E-state index < -0.39 is 5.60 Å². The lowest BCUT2D eigenvalue weighted by molar-refractivity contribution is -0.156. The molecule has 0 spiro atoms. The third-order valence-electron chi connectivity index (χ3n) is 5.50. The average molecular weight is 410 g/mol. The zero-order valence-corrected chi connectivity index (χ0v) is 18.6. The third-order valence-corrected chi connectivity index (χ3v) is 5.50. The molecule has 1 saturated heterocycles. The molecular formula is C26H35NO3. The molecule has 1 aliphatic heterocycles. The zero-order chi connectivity index (χ0) is 21.4. The molecule has 162 valence electrons. The number of hydrogen-bond donors (Lipinski definition) is 0. The van der Waals surface area contributed by atoms with Gasteiger partial charge in [-0.1, -0.05) is 54.6 Å². The number of rotatable bonds is 8. The lowest BCUT2D eigenvalue weighted by Gasteiger charge is -2.33. The molecule has 0 unspecified atom stereocenters. The van der Waals surface area contributed by atoms with Gasteiger partial charge in [0.25, 0.3) is 0 Å². The van der Waals surface area contributed by atoms with Crippen molar-refractivity contribution < 1.29 is 14.3 Å². The summed E-state index contributed by atoms with van der Waals surface area (Å²) < 4.78 is 11.0. The first-order chi connectivity index (χ1) is 14.4. The van der Waals surface area contributed by atoms with Crippen LogP contribution in [0.15, 0.2) is 54.6 Å². The van der Waals surface area contributed by atoms with Crippen LogP contribution in [-0.4, -0.2) is 49.3 Å². The van der Waals surface area contributed by atoms with Gasteiger partial charge in [-0.3, -0.25) is 4.79 Å². The SMILES string of the molecule is CC(C)(C)OC(=O)CCOCCN1CCC(c2ccccc2-c2ccccc2)CC1. The monoisotopic (exact) mass is 409 g/mol. The van der Waals surface area contributed by atoms with E-state index in [1.165, 1.54) is 29.5 Å². The molecule has 0 saturated carbocycles. The summed E-state index contributed by atoms with van der Waals surface area (Å²) in [6.07, 6.45) is 2.65. The van der Waals surface area contributed by atoms with E-state index in [2.05, 4.69) is 59.5 Å². The van der Waals surface area contributed by atoms with E-state index in [1.807, 2.05) is 20.8 Å². The smallest absolute Gasteiger partial charge is 0.308 e. The summed E-state index contributed by atoms with van der Waals surface area (Å²) in [6.45, 7) is 9.83. The molecule has 2 aromatic rings. The maximum absolute atomic E-state index is 11.7. The van der Waals surface area contributed by atoms with Gasteiger partial charge in [0.1, 0.15) is 5.60 Å². The van der Waals surface area contributed by atoms with Crippen molar-refractivity contribution in [1.82, 2.24) is 4.90 Å². The highest BCUT2D eigenvalue weighted by molar-refractivity contribution is 5.70. The first-order valence-electron chi connectivity index (χ1n) is 11.1. The zero-order valence-electron chi connectivity index (χ0n) is 18.6. The van der Waals surface area contributed by atoms with Crippen LogP contribution >= 0.6 is 0 Å². The normalized spacial score (nSPS) is 15.8. The quantitative estimate of drug-likeness (QED) is 0.439. The lowest BCUT2D eigenvalue weighted by Crippen LogP contribution is -2.35. The van der Waals surface area contributed by atoms with Crippen molar-refractivity contribution in [2.45, 2.75) is 51.6 Å². The van der Waals surface area contributed by atoms with E-state index in [4.69, 9.17) is 9.47 Å². The predicted molar refractivity (Wildman–Crippen MR) is 122 cm³/mol. The highest BCUT2D eigenvalue weighted by Crippen LogP contribution is 2.35. The molecule has 0 aliphatic carbocycles. The van der Waals surface area contributed by atoms with Crippen LogP contribution in [0.5, 0.6) is 0 Å². The average Bonchev–Trinajstić information content (AvgIpc) is 2.73. The molecule has 0 N–H and O–H groups in total. The van der Waals surface area contributed by atoms with Gasteiger partial charge in [-0.25, -0.2) is 0 Å². The van der Waals surface area contributed by atoms with E-state index in [0.29, 0.717) is 25.6 Å². The summed E-state index contributed by atoms with van der Waals surface area (Å²) in [4.78, 5) is 14.2. The number of carbonyl (C=O) groups is 1. The van der Waals surface area contributed by atoms with Crippen molar-refractivity contribution >= 4 is 5.97 Å². The lowest BCUT2D eigenvalue weighted by atomic mass is 9.84. The summed E-state index contributed by atoms with van der Waals surface area (Å²) in [7, 11) is 0. The first kappa shape index (κ1) is 22.5. The van der Waals surface area contributed by atoms with Gasteiger partial charge < -0.3 is 14.4 Å². The second kappa shape index (κ2) is 10.7. The van der Waals surface area contributed by atoms with Gasteiger partial charge in [0.2, 0.25) is 0 Å². The van der Waals surface area contributed by atoms with Crippen molar-refractivity contribution in [3.8, 4) is 11.1 Å². The number of carbonyl (C=O) groups excluding carboxylic acids is 1. The maximum Gasteiger partial charge on any atom is 0.308 e. The molecule has 2 aromatic carbocycles. The van der Waals surface area contributed by atoms with Crippen molar-refractivity contribution in [2.75, 3.05) is 32.8 Å². The van der Waals surface area contributed by atoms with Crippen LogP contribution in [0.25, 0.3) is 11.1 Å². The number of ether oxygens (including phenoxy) is 2. The number of benzene rings is 2. The Hall–Kier alpha value is -2.17. The van der Waals surface area contributed by atoms with Crippen LogP contribution < -0.4 is 0 Å². The summed E-state index contributed by atoms with van der Waals surface area (Å²) in [5, 5.41) is 0. The second-order valence-electron chi connectivity index (χ2n) is 9.02. The standard InChI is InChI=1S/C26H35NO3/c1-26(2,3)30-25(28)15-19-29-20-18-27-16-13-22(14-17-27)24-12-8-7-11-23(24)21-9-5-4-6-10-21/h4-12,22H,13-20H2,1-3H3. The van der Waals surface area contributed by atoms with E-state index >= 15 is 0 Å². The van der Waals surface area contributed by atoms with Crippen LogP contribution in [0.1, 0.15) is 51.5 Å². The molecule has 0 radical (unpaired) electrons. The fourth-order valence-electron chi connectivity index (χ4n) is 4.04. The summed E-state index contributed by atoms with van der Waals surface area (Å²) in [5.41, 5.74) is 3.70. The third kappa shape index (κ3) is 6.96. The molecule has 0 aromatic heterocycles. The largest absolute Gasteiger partial charge is 0.460 e. The number of piperidine rings is 1. The number of esters is 1. The van der Waals surface area contributed by atoms with Gasteiger partial charge >= 0.3 is 5.97 Å². The van der Waals surface area contributed by atoms with Gasteiger partial charge in [0.05, 0.1) is 19.6 Å². The topological polar surface area (TPSA) is 38.8 Å². The van der Waals surface area contributed by atoms with Gasteiger partial charge in [-0.05, 0) is 69.3 Å². The Kier molecular flexibility index (Phi) is 8.06. The Morgan fingerprint density at radius 1 is 0.967 bits per heavy atom. The summed E-state index contributed by atoms with van der Waals surface area (Å²) in [6, 6.07) is 19.5. The Bertz CT molecular complexity index is 789. The van der Waals surface area contributed by atoms with Crippen LogP contribution in [0, 0.1) is 0 Å². The minimum Gasteiger partial charge on any atom is -0.460 e. The van der Waals surface area contributed by atoms with E-state index in [9.17, 15) is 4.79 Å². The van der Waals surface area contributed by atoms with Crippen molar-refractivity contribution in [1.29, 1.82) is 0 Å². The Balaban J connectivity index is 1.40. The Morgan fingerprint density at radius 2 is 1.63 bits per heavy atom. The number of likely N-dealkylation sites (tertiary alicyclic amines) is 1. The highest BCUT2D eigenvalue weighted by Gasteiger charge is 2.22. The van der Waals surface area contributed by atoms with Gasteiger partial charge in [-0.2, -0.15) is 0 Å². The van der Waals surface area contributed by atoms with E-state index in [-0.39, 0.29) is 5.97 Å². The molecule has 4 nitrogen and oxygen atoms in total. The van der Waals surface area contributed by atoms with Crippen LogP contribution in [-0.2, 0) is 14.3 Å². The van der Waals surface area contributed by atoms with E-state index in [1.54, 1.807) is 0 Å². The highest BCUT2D eigenvalue weighted by atomic mass is 16.6. The van der Waals surface area contributed by atoms with Gasteiger partial charge in [-0.15, -0.1) is 0 Å². The van der Waals surface area contributed by atoms with Crippen LogP contribution in [0.3, 0.4) is 0 Å². The Labute approximate surface area is 181 Å². The minimum absolute atomic E-state index is 0.194. The van der Waals surface area contributed by atoms with Crippen molar-refractivity contribution in [3.63, 3.8) is 0 Å². The van der Waals surface area contributed by atoms with Gasteiger partial charge in [0, 0.05) is 6.54 Å². The molecule has 1 aliphatic rings. The molecular weight excluding hydrogens is 374 g/mol. The fraction of sp³-hybridized carbons (Fsp3) is 0.500. The molecule has 4 heteroatoms. The second-order valence-corrected chi connectivity index (χ2v) is 9.02. The molecule has 1 fully saturated rings. The molecule has 0 amide bonds. The molecule has 0 atom stereocenters. The fourth-order valence-corrected chi connectivity index (χ4v) is 4.04.